The van der Waals surface area contributed by atoms with Gasteiger partial charge in [0.1, 0.15) is 5.69 Å². The van der Waals surface area contributed by atoms with Gasteiger partial charge < -0.3 is 4.90 Å². The number of amides is 1. The number of fused-ring (bicyclic) bond motifs is 3. The molecule has 2 aliphatic rings. The molecule has 1 aliphatic carbocycles. The van der Waals surface area contributed by atoms with Gasteiger partial charge in [0, 0.05) is 36.9 Å². The van der Waals surface area contributed by atoms with Gasteiger partial charge in [-0.1, -0.05) is 69.7 Å². The van der Waals surface area contributed by atoms with Crippen LogP contribution in [-0.2, 0) is 5.41 Å². The van der Waals surface area contributed by atoms with E-state index in [0.29, 0.717) is 46.1 Å². The second kappa shape index (κ2) is 10.3. The molecule has 4 nitrogen and oxygen atoms in total. The molecule has 1 fully saturated rings. The van der Waals surface area contributed by atoms with Crippen LogP contribution in [0.25, 0.3) is 0 Å². The van der Waals surface area contributed by atoms with E-state index in [4.69, 9.17) is 23.2 Å². The Morgan fingerprint density at radius 3 is 2.79 bits per heavy atom. The summed E-state index contributed by atoms with van der Waals surface area (Å²) >= 11 is 13.7. The van der Waals surface area contributed by atoms with E-state index in [9.17, 15) is 4.79 Å². The lowest BCUT2D eigenvalue weighted by molar-refractivity contribution is 0.0629. The monoisotopic (exact) mass is 497 g/mol. The fraction of sp³-hybridized carbons (Fsp3) is 0.536. The first-order chi connectivity index (χ1) is 16.2. The molecule has 0 saturated heterocycles. The minimum absolute atomic E-state index is 0.0308. The molecule has 1 aromatic heterocycles. The average Bonchev–Trinajstić information content (AvgIpc) is 2.88. The molecule has 3 unspecified atom stereocenters. The molecule has 180 valence electrons. The van der Waals surface area contributed by atoms with Gasteiger partial charge in [0.2, 0.25) is 0 Å². The second-order valence-electron chi connectivity index (χ2n) is 10.3. The molecule has 1 saturated carbocycles. The Hall–Kier alpha value is -2.09. The fourth-order valence-corrected chi connectivity index (χ4v) is 6.86. The van der Waals surface area contributed by atoms with E-state index >= 15 is 0 Å². The number of carbonyl (C=O) groups is 1. The number of hydrogen-bond donors (Lipinski definition) is 0. The molecule has 1 aromatic carbocycles. The minimum atomic E-state index is -0.119. The molecule has 3 atom stereocenters. The average molecular weight is 498 g/mol. The van der Waals surface area contributed by atoms with Crippen LogP contribution >= 0.6 is 23.2 Å². The summed E-state index contributed by atoms with van der Waals surface area (Å²) in [5, 5.41) is 1.22. The smallest absolute Gasteiger partial charge is 0.255 e. The quantitative estimate of drug-likeness (QED) is 0.341. The zero-order valence-electron chi connectivity index (χ0n) is 20.5. The van der Waals surface area contributed by atoms with Crippen molar-refractivity contribution >= 4 is 29.1 Å². The van der Waals surface area contributed by atoms with Crippen molar-refractivity contribution in [1.29, 1.82) is 0 Å². The highest BCUT2D eigenvalue weighted by molar-refractivity contribution is 6.38. The third-order valence-electron chi connectivity index (χ3n) is 7.73. The zero-order chi connectivity index (χ0) is 24.5. The Morgan fingerprint density at radius 1 is 1.29 bits per heavy atom. The lowest BCUT2D eigenvalue weighted by Gasteiger charge is -2.46. The summed E-state index contributed by atoms with van der Waals surface area (Å²) < 4.78 is 0. The molecule has 0 spiro atoms. The van der Waals surface area contributed by atoms with Crippen molar-refractivity contribution in [2.24, 2.45) is 11.8 Å². The van der Waals surface area contributed by atoms with Gasteiger partial charge in [-0.15, -0.1) is 0 Å². The SMILES string of the molecule is CC(C)c1c(Cl)cc2c(c1Cl)C(=O)N(CCCC#Cc1cnccn1)CC1C(C)CCCC21C. The molecule has 34 heavy (non-hydrogen) atoms. The molecular formula is C28H33Cl2N3O. The number of halogens is 2. The minimum Gasteiger partial charge on any atom is -0.338 e. The number of nitrogens with zero attached hydrogens (tertiary/aromatic N) is 3. The topological polar surface area (TPSA) is 46.1 Å². The second-order valence-corrected chi connectivity index (χ2v) is 11.1. The Kier molecular flexibility index (Phi) is 7.55. The summed E-state index contributed by atoms with van der Waals surface area (Å²) in [5.74, 6) is 7.29. The van der Waals surface area contributed by atoms with Gasteiger partial charge >= 0.3 is 0 Å². The van der Waals surface area contributed by atoms with Crippen molar-refractivity contribution in [3.63, 3.8) is 0 Å². The van der Waals surface area contributed by atoms with Gasteiger partial charge in [-0.25, -0.2) is 4.98 Å². The zero-order valence-corrected chi connectivity index (χ0v) is 22.0. The van der Waals surface area contributed by atoms with Crippen molar-refractivity contribution < 1.29 is 4.79 Å². The number of benzene rings is 1. The van der Waals surface area contributed by atoms with E-state index < -0.39 is 0 Å². The first-order valence-corrected chi connectivity index (χ1v) is 13.1. The highest BCUT2D eigenvalue weighted by Crippen LogP contribution is 2.52. The van der Waals surface area contributed by atoms with E-state index in [2.05, 4.69) is 55.6 Å². The number of carbonyl (C=O) groups excluding carboxylic acids is 1. The maximum Gasteiger partial charge on any atom is 0.255 e. The van der Waals surface area contributed by atoms with E-state index in [0.717, 1.165) is 36.9 Å². The number of unbranched alkanes of at least 4 members (excludes halogenated alkanes) is 1. The maximum atomic E-state index is 14.0. The van der Waals surface area contributed by atoms with Crippen LogP contribution in [0.2, 0.25) is 10.0 Å². The first kappa shape index (κ1) is 25.0. The van der Waals surface area contributed by atoms with Gasteiger partial charge in [0.05, 0.1) is 16.8 Å². The summed E-state index contributed by atoms with van der Waals surface area (Å²) in [6.07, 6.45) is 9.82. The third-order valence-corrected chi connectivity index (χ3v) is 8.44. The van der Waals surface area contributed by atoms with Crippen LogP contribution < -0.4 is 0 Å². The predicted molar refractivity (Wildman–Crippen MR) is 138 cm³/mol. The van der Waals surface area contributed by atoms with Crippen LogP contribution in [0, 0.1) is 23.7 Å². The Labute approximate surface area is 213 Å². The van der Waals surface area contributed by atoms with E-state index in [1.54, 1.807) is 18.6 Å². The summed E-state index contributed by atoms with van der Waals surface area (Å²) in [6.45, 7) is 10.2. The van der Waals surface area contributed by atoms with Crippen molar-refractivity contribution in [2.45, 2.75) is 71.1 Å². The highest BCUT2D eigenvalue weighted by Gasteiger charge is 2.48. The molecule has 0 N–H and O–H groups in total. The van der Waals surface area contributed by atoms with Gasteiger partial charge in [0.25, 0.3) is 5.91 Å². The normalized spacial score (nSPS) is 24.2. The first-order valence-electron chi connectivity index (χ1n) is 12.3. The largest absolute Gasteiger partial charge is 0.338 e. The molecule has 2 heterocycles. The number of aromatic nitrogens is 2. The number of hydrogen-bond acceptors (Lipinski definition) is 3. The van der Waals surface area contributed by atoms with E-state index in [1.165, 1.54) is 6.42 Å². The lowest BCUT2D eigenvalue weighted by Crippen LogP contribution is -2.45. The Bertz CT molecular complexity index is 1120. The molecule has 0 radical (unpaired) electrons. The van der Waals surface area contributed by atoms with Crippen LogP contribution in [0.5, 0.6) is 0 Å². The van der Waals surface area contributed by atoms with Gasteiger partial charge in [-0.2, -0.15) is 0 Å². The number of rotatable bonds is 4. The predicted octanol–water partition coefficient (Wildman–Crippen LogP) is 6.89. The van der Waals surface area contributed by atoms with Crippen LogP contribution in [0.1, 0.15) is 92.9 Å². The van der Waals surface area contributed by atoms with Gasteiger partial charge in [0.15, 0.2) is 0 Å². The van der Waals surface area contributed by atoms with Crippen molar-refractivity contribution in [3.05, 3.63) is 57.1 Å². The van der Waals surface area contributed by atoms with Gasteiger partial charge in [-0.3, -0.25) is 9.78 Å². The lowest BCUT2D eigenvalue weighted by atomic mass is 9.59. The molecule has 6 heteroatoms. The Balaban J connectivity index is 1.66. The standard InChI is InChI=1S/C28H33Cl2N3O/c1-18(2)24-23(29)15-21-25(26(24)30)27(34)33(17-22-19(3)9-8-11-28(21,22)4)14-7-5-6-10-20-16-31-12-13-32-20/h12-13,15-16,18-19,22H,5,7-9,11,14,17H2,1-4H3. The van der Waals surface area contributed by atoms with Crippen LogP contribution in [0.3, 0.4) is 0 Å². The summed E-state index contributed by atoms with van der Waals surface area (Å²) in [4.78, 5) is 24.2. The Morgan fingerprint density at radius 2 is 2.09 bits per heavy atom. The summed E-state index contributed by atoms with van der Waals surface area (Å²) in [7, 11) is 0. The van der Waals surface area contributed by atoms with Crippen molar-refractivity contribution in [2.75, 3.05) is 13.1 Å². The maximum absolute atomic E-state index is 14.0. The summed E-state index contributed by atoms with van der Waals surface area (Å²) in [5.41, 5.74) is 3.12. The molecule has 0 bridgehead atoms. The molecule has 4 rings (SSSR count). The van der Waals surface area contributed by atoms with Crippen LogP contribution in [0.4, 0.5) is 0 Å². The highest BCUT2D eigenvalue weighted by atomic mass is 35.5. The molecule has 1 amide bonds. The van der Waals surface area contributed by atoms with Gasteiger partial charge in [-0.05, 0) is 59.1 Å². The van der Waals surface area contributed by atoms with Crippen molar-refractivity contribution in [3.8, 4) is 11.8 Å². The fourth-order valence-electron chi connectivity index (χ4n) is 5.89. The third kappa shape index (κ3) is 4.70. The molecule has 2 aromatic rings. The molecule has 1 aliphatic heterocycles. The molecular weight excluding hydrogens is 465 g/mol. The summed E-state index contributed by atoms with van der Waals surface area (Å²) in [6, 6.07) is 2.05. The van der Waals surface area contributed by atoms with Crippen molar-refractivity contribution in [1.82, 2.24) is 14.9 Å². The van der Waals surface area contributed by atoms with Crippen LogP contribution in [-0.4, -0.2) is 33.9 Å². The van der Waals surface area contributed by atoms with E-state index in [1.807, 2.05) is 4.90 Å². The van der Waals surface area contributed by atoms with Crippen LogP contribution in [0.15, 0.2) is 24.7 Å². The van der Waals surface area contributed by atoms with E-state index in [-0.39, 0.29) is 17.2 Å².